The SMILES string of the molecule is Nc1cc(Br)ccc1NC(=O)c1ccoc1Cl. The fourth-order valence-electron chi connectivity index (χ4n) is 1.29. The maximum absolute atomic E-state index is 11.8. The first-order chi connectivity index (χ1) is 8.08. The quantitative estimate of drug-likeness (QED) is 0.833. The van der Waals surface area contributed by atoms with Crippen molar-refractivity contribution in [2.45, 2.75) is 0 Å². The number of carbonyl (C=O) groups excluding carboxylic acids is 1. The largest absolute Gasteiger partial charge is 0.452 e. The fourth-order valence-corrected chi connectivity index (χ4v) is 1.87. The van der Waals surface area contributed by atoms with E-state index < -0.39 is 0 Å². The van der Waals surface area contributed by atoms with E-state index in [0.717, 1.165) is 4.47 Å². The molecule has 0 saturated heterocycles. The van der Waals surface area contributed by atoms with Crippen molar-refractivity contribution in [1.82, 2.24) is 0 Å². The molecule has 0 fully saturated rings. The minimum absolute atomic E-state index is 0.0539. The van der Waals surface area contributed by atoms with Gasteiger partial charge in [-0.25, -0.2) is 0 Å². The lowest BCUT2D eigenvalue weighted by atomic mass is 10.2. The summed E-state index contributed by atoms with van der Waals surface area (Å²) in [6.07, 6.45) is 1.35. The van der Waals surface area contributed by atoms with Gasteiger partial charge in [-0.15, -0.1) is 0 Å². The van der Waals surface area contributed by atoms with Gasteiger partial charge in [-0.05, 0) is 35.9 Å². The van der Waals surface area contributed by atoms with Crippen molar-refractivity contribution in [1.29, 1.82) is 0 Å². The Morgan fingerprint density at radius 2 is 2.18 bits per heavy atom. The molecule has 0 aliphatic rings. The minimum Gasteiger partial charge on any atom is -0.452 e. The number of hydrogen-bond acceptors (Lipinski definition) is 3. The van der Waals surface area contributed by atoms with Gasteiger partial charge in [0.25, 0.3) is 5.91 Å². The van der Waals surface area contributed by atoms with Crippen LogP contribution in [0.1, 0.15) is 10.4 Å². The summed E-state index contributed by atoms with van der Waals surface area (Å²) >= 11 is 8.98. The van der Waals surface area contributed by atoms with Crippen molar-refractivity contribution in [2.75, 3.05) is 11.1 Å². The monoisotopic (exact) mass is 314 g/mol. The Labute approximate surface area is 111 Å². The molecule has 6 heteroatoms. The van der Waals surface area contributed by atoms with E-state index in [1.54, 1.807) is 18.2 Å². The summed E-state index contributed by atoms with van der Waals surface area (Å²) in [4.78, 5) is 11.8. The van der Waals surface area contributed by atoms with Gasteiger partial charge in [0.1, 0.15) is 0 Å². The van der Waals surface area contributed by atoms with Crippen molar-refractivity contribution >= 4 is 44.8 Å². The van der Waals surface area contributed by atoms with Crippen LogP contribution in [0.5, 0.6) is 0 Å². The molecule has 0 saturated carbocycles. The van der Waals surface area contributed by atoms with Crippen LogP contribution in [0.25, 0.3) is 0 Å². The average Bonchev–Trinajstić information content (AvgIpc) is 2.68. The van der Waals surface area contributed by atoms with E-state index >= 15 is 0 Å². The maximum atomic E-state index is 11.8. The molecule has 1 heterocycles. The van der Waals surface area contributed by atoms with Gasteiger partial charge in [-0.2, -0.15) is 0 Å². The van der Waals surface area contributed by atoms with Gasteiger partial charge < -0.3 is 15.5 Å². The first kappa shape index (κ1) is 12.0. The smallest absolute Gasteiger partial charge is 0.260 e. The van der Waals surface area contributed by atoms with E-state index in [-0.39, 0.29) is 16.7 Å². The molecule has 2 aromatic rings. The van der Waals surface area contributed by atoms with Crippen LogP contribution in [-0.4, -0.2) is 5.91 Å². The predicted octanol–water partition coefficient (Wildman–Crippen LogP) is 3.53. The lowest BCUT2D eigenvalue weighted by Gasteiger charge is -2.07. The number of amides is 1. The third kappa shape index (κ3) is 2.62. The molecule has 1 amide bonds. The first-order valence-corrected chi connectivity index (χ1v) is 5.84. The number of benzene rings is 1. The number of carbonyl (C=O) groups is 1. The molecule has 0 aliphatic heterocycles. The molecule has 0 atom stereocenters. The number of rotatable bonds is 2. The molecule has 0 bridgehead atoms. The van der Waals surface area contributed by atoms with Gasteiger partial charge in [-0.1, -0.05) is 15.9 Å². The van der Waals surface area contributed by atoms with Crippen LogP contribution < -0.4 is 11.1 Å². The summed E-state index contributed by atoms with van der Waals surface area (Å²) in [5.41, 5.74) is 7.02. The van der Waals surface area contributed by atoms with E-state index in [2.05, 4.69) is 21.2 Å². The van der Waals surface area contributed by atoms with Crippen molar-refractivity contribution in [3.05, 3.63) is 45.8 Å². The lowest BCUT2D eigenvalue weighted by Crippen LogP contribution is -2.12. The number of nitrogens with one attached hydrogen (secondary N) is 1. The van der Waals surface area contributed by atoms with Crippen LogP contribution in [0, 0.1) is 0 Å². The van der Waals surface area contributed by atoms with Gasteiger partial charge in [0.05, 0.1) is 23.2 Å². The number of anilines is 2. The Bertz CT molecular complexity index is 568. The zero-order chi connectivity index (χ0) is 12.4. The Morgan fingerprint density at radius 1 is 1.41 bits per heavy atom. The molecule has 1 aromatic carbocycles. The highest BCUT2D eigenvalue weighted by molar-refractivity contribution is 9.10. The van der Waals surface area contributed by atoms with Gasteiger partial charge in [0, 0.05) is 4.47 Å². The van der Waals surface area contributed by atoms with E-state index in [0.29, 0.717) is 11.4 Å². The molecular formula is C11H8BrClN2O2. The van der Waals surface area contributed by atoms with Crippen LogP contribution in [0.2, 0.25) is 5.22 Å². The number of hydrogen-bond donors (Lipinski definition) is 2. The summed E-state index contributed by atoms with van der Waals surface area (Å²) in [6.45, 7) is 0. The number of furan rings is 1. The Kier molecular flexibility index (Phi) is 3.40. The molecule has 0 unspecified atom stereocenters. The van der Waals surface area contributed by atoms with Crippen LogP contribution in [0.3, 0.4) is 0 Å². The topological polar surface area (TPSA) is 68.3 Å². The Balaban J connectivity index is 2.22. The molecule has 88 valence electrons. The zero-order valence-electron chi connectivity index (χ0n) is 8.54. The molecule has 0 radical (unpaired) electrons. The van der Waals surface area contributed by atoms with Gasteiger partial charge in [-0.3, -0.25) is 4.79 Å². The molecular weight excluding hydrogens is 307 g/mol. The number of halogens is 2. The van der Waals surface area contributed by atoms with Crippen molar-refractivity contribution < 1.29 is 9.21 Å². The van der Waals surface area contributed by atoms with Crippen LogP contribution in [0.4, 0.5) is 11.4 Å². The summed E-state index contributed by atoms with van der Waals surface area (Å²) in [5, 5.41) is 2.71. The van der Waals surface area contributed by atoms with Crippen LogP contribution in [-0.2, 0) is 0 Å². The Hall–Kier alpha value is -1.46. The zero-order valence-corrected chi connectivity index (χ0v) is 10.9. The highest BCUT2D eigenvalue weighted by Gasteiger charge is 2.14. The fraction of sp³-hybridized carbons (Fsp3) is 0. The standard InChI is InChI=1S/C11H8BrClN2O2/c12-6-1-2-9(8(14)5-6)15-11(16)7-3-4-17-10(7)13/h1-5H,14H2,(H,15,16). The highest BCUT2D eigenvalue weighted by Crippen LogP contribution is 2.24. The van der Waals surface area contributed by atoms with E-state index in [9.17, 15) is 4.79 Å². The molecule has 0 spiro atoms. The normalized spacial score (nSPS) is 10.2. The van der Waals surface area contributed by atoms with Crippen LogP contribution >= 0.6 is 27.5 Å². The average molecular weight is 316 g/mol. The minimum atomic E-state index is -0.363. The second-order valence-electron chi connectivity index (χ2n) is 3.29. The third-order valence-corrected chi connectivity index (χ3v) is 2.91. The second kappa shape index (κ2) is 4.81. The predicted molar refractivity (Wildman–Crippen MR) is 70.2 cm³/mol. The maximum Gasteiger partial charge on any atom is 0.260 e. The summed E-state index contributed by atoms with van der Waals surface area (Å²) in [7, 11) is 0. The molecule has 2 rings (SSSR count). The summed E-state index contributed by atoms with van der Waals surface area (Å²) in [5.74, 6) is -0.363. The second-order valence-corrected chi connectivity index (χ2v) is 4.55. The van der Waals surface area contributed by atoms with Gasteiger partial charge in [0.15, 0.2) is 0 Å². The van der Waals surface area contributed by atoms with Gasteiger partial charge >= 0.3 is 0 Å². The summed E-state index contributed by atoms with van der Waals surface area (Å²) in [6, 6.07) is 6.67. The number of nitrogen functional groups attached to an aromatic ring is 1. The molecule has 3 N–H and O–H groups in total. The third-order valence-electron chi connectivity index (χ3n) is 2.12. The van der Waals surface area contributed by atoms with Crippen molar-refractivity contribution in [3.8, 4) is 0 Å². The van der Waals surface area contributed by atoms with Crippen molar-refractivity contribution in [2.24, 2.45) is 0 Å². The molecule has 4 nitrogen and oxygen atoms in total. The van der Waals surface area contributed by atoms with Crippen molar-refractivity contribution in [3.63, 3.8) is 0 Å². The molecule has 1 aromatic heterocycles. The molecule has 17 heavy (non-hydrogen) atoms. The first-order valence-electron chi connectivity index (χ1n) is 4.67. The van der Waals surface area contributed by atoms with Gasteiger partial charge in [0.2, 0.25) is 5.22 Å². The van der Waals surface area contributed by atoms with Crippen LogP contribution in [0.15, 0.2) is 39.4 Å². The highest BCUT2D eigenvalue weighted by atomic mass is 79.9. The lowest BCUT2D eigenvalue weighted by molar-refractivity contribution is 0.102. The molecule has 0 aliphatic carbocycles. The summed E-state index contributed by atoms with van der Waals surface area (Å²) < 4.78 is 5.68. The Morgan fingerprint density at radius 3 is 2.76 bits per heavy atom. The van der Waals surface area contributed by atoms with E-state index in [4.69, 9.17) is 21.8 Å². The number of nitrogens with two attached hydrogens (primary N) is 1. The van der Waals surface area contributed by atoms with E-state index in [1.807, 2.05) is 0 Å². The van der Waals surface area contributed by atoms with E-state index in [1.165, 1.54) is 12.3 Å².